The van der Waals surface area contributed by atoms with Gasteiger partial charge in [-0.05, 0) is 20.3 Å². The highest BCUT2D eigenvalue weighted by atomic mass is 32.1. The molecule has 4 heteroatoms. The van der Waals surface area contributed by atoms with E-state index in [1.165, 1.54) is 17.7 Å². The van der Waals surface area contributed by atoms with Gasteiger partial charge in [-0.2, -0.15) is 0 Å². The van der Waals surface area contributed by atoms with Crippen molar-refractivity contribution in [2.45, 2.75) is 40.2 Å². The van der Waals surface area contributed by atoms with Crippen LogP contribution >= 0.6 is 11.3 Å². The molecule has 1 rings (SSSR count). The molecule has 2 N–H and O–H groups in total. The number of nitrogens with zero attached hydrogens (tertiary/aromatic N) is 2. The van der Waals surface area contributed by atoms with E-state index in [-0.39, 0.29) is 0 Å². The van der Waals surface area contributed by atoms with E-state index in [0.717, 1.165) is 23.9 Å². The van der Waals surface area contributed by atoms with Crippen molar-refractivity contribution in [2.24, 2.45) is 5.73 Å². The summed E-state index contributed by atoms with van der Waals surface area (Å²) in [5, 5.41) is 1.13. The normalized spacial score (nSPS) is 10.7. The second kappa shape index (κ2) is 6.08. The number of aryl methyl sites for hydroxylation is 1. The van der Waals surface area contributed by atoms with Gasteiger partial charge >= 0.3 is 0 Å². The summed E-state index contributed by atoms with van der Waals surface area (Å²) in [5.74, 6) is 0. The lowest BCUT2D eigenvalue weighted by Crippen LogP contribution is -2.23. The van der Waals surface area contributed by atoms with Crippen LogP contribution in [0.1, 0.15) is 37.3 Å². The summed E-state index contributed by atoms with van der Waals surface area (Å²) in [5.41, 5.74) is 6.75. The second-order valence-corrected chi connectivity index (χ2v) is 4.70. The highest BCUT2D eigenvalue weighted by Gasteiger charge is 2.11. The maximum absolute atomic E-state index is 5.66. The Kier molecular flexibility index (Phi) is 5.05. The Morgan fingerprint density at radius 1 is 1.40 bits per heavy atom. The average molecular weight is 227 g/mol. The Hall–Kier alpha value is -0.610. The third kappa shape index (κ3) is 3.18. The smallest absolute Gasteiger partial charge is 0.185 e. The fraction of sp³-hybridized carbons (Fsp3) is 0.727. The molecule has 0 aromatic carbocycles. The Labute approximate surface area is 96.3 Å². The van der Waals surface area contributed by atoms with Gasteiger partial charge in [-0.3, -0.25) is 0 Å². The predicted molar refractivity (Wildman–Crippen MR) is 67.5 cm³/mol. The Bertz CT molecular complexity index is 296. The number of hydrogen-bond donors (Lipinski definition) is 1. The van der Waals surface area contributed by atoms with Gasteiger partial charge in [0.2, 0.25) is 0 Å². The molecule has 0 fully saturated rings. The molecule has 0 radical (unpaired) electrons. The minimum absolute atomic E-state index is 0.606. The number of hydrogen-bond acceptors (Lipinski definition) is 4. The zero-order chi connectivity index (χ0) is 11.3. The molecule has 0 unspecified atom stereocenters. The van der Waals surface area contributed by atoms with Gasteiger partial charge in [0, 0.05) is 24.5 Å². The Morgan fingerprint density at radius 2 is 2.13 bits per heavy atom. The van der Waals surface area contributed by atoms with E-state index in [2.05, 4.69) is 23.7 Å². The van der Waals surface area contributed by atoms with E-state index in [1.54, 1.807) is 11.3 Å². The quantitative estimate of drug-likeness (QED) is 0.812. The molecule has 0 spiro atoms. The van der Waals surface area contributed by atoms with Gasteiger partial charge in [0.05, 0.1) is 5.69 Å². The molecular formula is C11H21N3S. The van der Waals surface area contributed by atoms with E-state index in [0.29, 0.717) is 6.54 Å². The zero-order valence-corrected chi connectivity index (χ0v) is 10.7. The van der Waals surface area contributed by atoms with Crippen molar-refractivity contribution in [2.75, 3.05) is 18.0 Å². The summed E-state index contributed by atoms with van der Waals surface area (Å²) in [6, 6.07) is 0. The van der Waals surface area contributed by atoms with Gasteiger partial charge in [-0.15, -0.1) is 11.3 Å². The summed E-state index contributed by atoms with van der Waals surface area (Å²) >= 11 is 1.73. The zero-order valence-electron chi connectivity index (χ0n) is 9.92. The highest BCUT2D eigenvalue weighted by Crippen LogP contribution is 2.25. The van der Waals surface area contributed by atoms with Crippen molar-refractivity contribution in [1.82, 2.24) is 4.98 Å². The number of aromatic nitrogens is 1. The van der Waals surface area contributed by atoms with Gasteiger partial charge in [-0.25, -0.2) is 4.98 Å². The molecular weight excluding hydrogens is 206 g/mol. The lowest BCUT2D eigenvalue weighted by molar-refractivity contribution is 0.729. The van der Waals surface area contributed by atoms with Gasteiger partial charge < -0.3 is 10.6 Å². The van der Waals surface area contributed by atoms with Gasteiger partial charge in [0.25, 0.3) is 0 Å². The Morgan fingerprint density at radius 3 is 2.60 bits per heavy atom. The van der Waals surface area contributed by atoms with Gasteiger partial charge in [0.15, 0.2) is 5.13 Å². The number of anilines is 1. The van der Waals surface area contributed by atoms with Crippen molar-refractivity contribution in [1.29, 1.82) is 0 Å². The van der Waals surface area contributed by atoms with Crippen LogP contribution in [0.4, 0.5) is 5.13 Å². The van der Waals surface area contributed by atoms with Crippen LogP contribution in [0.15, 0.2) is 0 Å². The average Bonchev–Trinajstić information content (AvgIpc) is 2.61. The van der Waals surface area contributed by atoms with Crippen LogP contribution in [0.3, 0.4) is 0 Å². The molecule has 0 amide bonds. The first-order chi connectivity index (χ1) is 7.22. The fourth-order valence-electron chi connectivity index (χ4n) is 1.48. The van der Waals surface area contributed by atoms with Gasteiger partial charge in [0.1, 0.15) is 0 Å². The summed E-state index contributed by atoms with van der Waals surface area (Å²) in [4.78, 5) is 8.11. The van der Waals surface area contributed by atoms with E-state index in [9.17, 15) is 0 Å². The SMILES string of the molecule is CCCCN(CC)c1nc(C)c(CN)s1. The number of unbranched alkanes of at least 4 members (excludes halogenated alkanes) is 1. The summed E-state index contributed by atoms with van der Waals surface area (Å²) in [6.07, 6.45) is 2.45. The lowest BCUT2D eigenvalue weighted by atomic mass is 10.3. The maximum atomic E-state index is 5.66. The van der Waals surface area contributed by atoms with Crippen molar-refractivity contribution < 1.29 is 0 Å². The molecule has 86 valence electrons. The standard InChI is InChI=1S/C11H21N3S/c1-4-6-7-14(5-2)11-13-9(3)10(8-12)15-11/h4-8,12H2,1-3H3. The first-order valence-electron chi connectivity index (χ1n) is 5.64. The van der Waals surface area contributed by atoms with Crippen LogP contribution in [0.2, 0.25) is 0 Å². The van der Waals surface area contributed by atoms with Crippen LogP contribution in [0.25, 0.3) is 0 Å². The third-order valence-corrected chi connectivity index (χ3v) is 3.74. The van der Waals surface area contributed by atoms with Crippen LogP contribution < -0.4 is 10.6 Å². The number of thiazole rings is 1. The highest BCUT2D eigenvalue weighted by molar-refractivity contribution is 7.15. The van der Waals surface area contributed by atoms with Crippen LogP contribution in [-0.2, 0) is 6.54 Å². The molecule has 3 nitrogen and oxygen atoms in total. The molecule has 0 bridgehead atoms. The fourth-order valence-corrected chi connectivity index (χ4v) is 2.50. The van der Waals surface area contributed by atoms with Crippen LogP contribution in [-0.4, -0.2) is 18.1 Å². The van der Waals surface area contributed by atoms with Gasteiger partial charge in [-0.1, -0.05) is 13.3 Å². The predicted octanol–water partition coefficient (Wildman–Crippen LogP) is 2.54. The number of nitrogens with two attached hydrogens (primary N) is 1. The second-order valence-electron chi connectivity index (χ2n) is 3.64. The molecule has 1 aromatic heterocycles. The monoisotopic (exact) mass is 227 g/mol. The Balaban J connectivity index is 2.73. The molecule has 0 aliphatic heterocycles. The van der Waals surface area contributed by atoms with Crippen molar-refractivity contribution in [3.05, 3.63) is 10.6 Å². The van der Waals surface area contributed by atoms with E-state index >= 15 is 0 Å². The summed E-state index contributed by atoms with van der Waals surface area (Å²) in [6.45, 7) is 9.16. The molecule has 0 atom stereocenters. The third-order valence-electron chi connectivity index (χ3n) is 2.50. The lowest BCUT2D eigenvalue weighted by Gasteiger charge is -2.18. The minimum atomic E-state index is 0.606. The van der Waals surface area contributed by atoms with Crippen LogP contribution in [0, 0.1) is 6.92 Å². The minimum Gasteiger partial charge on any atom is -0.348 e. The first-order valence-corrected chi connectivity index (χ1v) is 6.45. The molecule has 0 saturated heterocycles. The molecule has 15 heavy (non-hydrogen) atoms. The van der Waals surface area contributed by atoms with Crippen molar-refractivity contribution in [3.8, 4) is 0 Å². The van der Waals surface area contributed by atoms with Crippen molar-refractivity contribution >= 4 is 16.5 Å². The molecule has 0 aliphatic carbocycles. The first kappa shape index (κ1) is 12.5. The van der Waals surface area contributed by atoms with E-state index in [1.807, 2.05) is 6.92 Å². The van der Waals surface area contributed by atoms with E-state index in [4.69, 9.17) is 5.73 Å². The largest absolute Gasteiger partial charge is 0.348 e. The van der Waals surface area contributed by atoms with Crippen LogP contribution in [0.5, 0.6) is 0 Å². The maximum Gasteiger partial charge on any atom is 0.185 e. The molecule has 1 heterocycles. The topological polar surface area (TPSA) is 42.2 Å². The molecule has 0 saturated carbocycles. The number of rotatable bonds is 6. The van der Waals surface area contributed by atoms with Crippen molar-refractivity contribution in [3.63, 3.8) is 0 Å². The summed E-state index contributed by atoms with van der Waals surface area (Å²) in [7, 11) is 0. The molecule has 1 aromatic rings. The summed E-state index contributed by atoms with van der Waals surface area (Å²) < 4.78 is 0. The van der Waals surface area contributed by atoms with E-state index < -0.39 is 0 Å². The molecule has 0 aliphatic rings.